The van der Waals surface area contributed by atoms with Crippen LogP contribution in [0.4, 0.5) is 19.0 Å². The van der Waals surface area contributed by atoms with Gasteiger partial charge in [-0.15, -0.1) is 0 Å². The van der Waals surface area contributed by atoms with Gasteiger partial charge in [0.15, 0.2) is 6.10 Å². The van der Waals surface area contributed by atoms with E-state index in [9.17, 15) is 22.8 Å². The van der Waals surface area contributed by atoms with Gasteiger partial charge in [0.25, 0.3) is 5.91 Å². The summed E-state index contributed by atoms with van der Waals surface area (Å²) in [6, 6.07) is 0.174. The van der Waals surface area contributed by atoms with Gasteiger partial charge in [-0.3, -0.25) is 9.59 Å². The summed E-state index contributed by atoms with van der Waals surface area (Å²) in [6.45, 7) is 2.18. The van der Waals surface area contributed by atoms with Crippen LogP contribution in [0.1, 0.15) is 39.0 Å². The second kappa shape index (κ2) is 8.56. The van der Waals surface area contributed by atoms with Crippen molar-refractivity contribution < 1.29 is 27.5 Å². The van der Waals surface area contributed by atoms with E-state index in [1.807, 2.05) is 5.32 Å². The Morgan fingerprint density at radius 2 is 2.03 bits per heavy atom. The number of nitrogens with one attached hydrogen (secondary N) is 2. The monoisotopic (exact) mass is 414 g/mol. The number of alkyl halides is 3. The van der Waals surface area contributed by atoms with E-state index in [1.165, 1.54) is 18.3 Å². The number of anilines is 1. The largest absolute Gasteiger partial charge is 0.480 e. The van der Waals surface area contributed by atoms with Gasteiger partial charge in [-0.25, -0.2) is 4.98 Å². The fraction of sp³-hybridized carbons (Fsp3) is 0.632. The minimum Gasteiger partial charge on any atom is -0.480 e. The quantitative estimate of drug-likeness (QED) is 0.686. The SMILES string of the molecule is CC1CCC(C(N)C(=O)Nc2cc(O[C@@H]3C[C@@H](C(F)(F)F)NC3=O)ccn2)CC1. The summed E-state index contributed by atoms with van der Waals surface area (Å²) in [4.78, 5) is 28.2. The number of ether oxygens (including phenoxy) is 1. The molecule has 1 aromatic rings. The molecule has 0 spiro atoms. The van der Waals surface area contributed by atoms with Gasteiger partial charge in [-0.05, 0) is 30.7 Å². The van der Waals surface area contributed by atoms with E-state index in [0.717, 1.165) is 25.7 Å². The van der Waals surface area contributed by atoms with Gasteiger partial charge in [-0.2, -0.15) is 13.2 Å². The second-order valence-electron chi connectivity index (χ2n) is 7.86. The van der Waals surface area contributed by atoms with Gasteiger partial charge in [0.2, 0.25) is 5.91 Å². The van der Waals surface area contributed by atoms with Crippen molar-refractivity contribution >= 4 is 17.6 Å². The van der Waals surface area contributed by atoms with E-state index in [1.54, 1.807) is 0 Å². The third kappa shape index (κ3) is 5.37. The van der Waals surface area contributed by atoms with E-state index in [4.69, 9.17) is 10.5 Å². The number of halogens is 3. The van der Waals surface area contributed by atoms with Gasteiger partial charge in [-0.1, -0.05) is 19.8 Å². The van der Waals surface area contributed by atoms with Crippen molar-refractivity contribution in [2.75, 3.05) is 5.32 Å². The average molecular weight is 414 g/mol. The maximum atomic E-state index is 12.8. The number of hydrogen-bond donors (Lipinski definition) is 3. The van der Waals surface area contributed by atoms with E-state index in [-0.39, 0.29) is 23.4 Å². The Balaban J connectivity index is 1.58. The maximum Gasteiger partial charge on any atom is 0.408 e. The molecule has 7 nitrogen and oxygen atoms in total. The molecular weight excluding hydrogens is 389 g/mol. The molecule has 0 aromatic carbocycles. The van der Waals surface area contributed by atoms with Crippen LogP contribution in [-0.4, -0.2) is 41.2 Å². The molecule has 0 bridgehead atoms. The molecule has 1 aliphatic carbocycles. The van der Waals surface area contributed by atoms with E-state index >= 15 is 0 Å². The minimum absolute atomic E-state index is 0.104. The Morgan fingerprint density at radius 1 is 1.34 bits per heavy atom. The van der Waals surface area contributed by atoms with Gasteiger partial charge in [0.1, 0.15) is 17.6 Å². The highest BCUT2D eigenvalue weighted by atomic mass is 19.4. The second-order valence-corrected chi connectivity index (χ2v) is 7.86. The maximum absolute atomic E-state index is 12.8. The third-order valence-electron chi connectivity index (χ3n) is 5.59. The van der Waals surface area contributed by atoms with Gasteiger partial charge >= 0.3 is 6.18 Å². The van der Waals surface area contributed by atoms with E-state index < -0.39 is 36.7 Å². The number of carbonyl (C=O) groups excluding carboxylic acids is 2. The molecule has 160 valence electrons. The van der Waals surface area contributed by atoms with Crippen LogP contribution < -0.4 is 21.1 Å². The average Bonchev–Trinajstić information content (AvgIpc) is 3.03. The zero-order chi connectivity index (χ0) is 21.2. The first-order chi connectivity index (χ1) is 13.6. The van der Waals surface area contributed by atoms with Crippen molar-refractivity contribution in [3.05, 3.63) is 18.3 Å². The third-order valence-corrected chi connectivity index (χ3v) is 5.59. The molecular formula is C19H25F3N4O3. The van der Waals surface area contributed by atoms with Crippen LogP contribution in [0.3, 0.4) is 0 Å². The van der Waals surface area contributed by atoms with Crippen LogP contribution in [0.25, 0.3) is 0 Å². The van der Waals surface area contributed by atoms with Crippen LogP contribution in [0.2, 0.25) is 0 Å². The van der Waals surface area contributed by atoms with Crippen molar-refractivity contribution in [1.29, 1.82) is 0 Å². The smallest absolute Gasteiger partial charge is 0.408 e. The zero-order valence-electron chi connectivity index (χ0n) is 16.0. The van der Waals surface area contributed by atoms with Crippen LogP contribution in [0.5, 0.6) is 5.75 Å². The molecule has 2 fully saturated rings. The van der Waals surface area contributed by atoms with Crippen molar-refractivity contribution in [1.82, 2.24) is 10.3 Å². The minimum atomic E-state index is -4.53. The Morgan fingerprint density at radius 3 is 2.66 bits per heavy atom. The molecule has 10 heteroatoms. The Kier molecular flexibility index (Phi) is 6.30. The normalized spacial score (nSPS) is 28.5. The van der Waals surface area contributed by atoms with Crippen molar-refractivity contribution in [3.8, 4) is 5.75 Å². The summed E-state index contributed by atoms with van der Waals surface area (Å²) in [5, 5.41) is 4.50. The van der Waals surface area contributed by atoms with Crippen molar-refractivity contribution in [3.63, 3.8) is 0 Å². The summed E-state index contributed by atoms with van der Waals surface area (Å²) in [6.07, 6.45) is -1.11. The topological polar surface area (TPSA) is 106 Å². The lowest BCUT2D eigenvalue weighted by molar-refractivity contribution is -0.155. The predicted octanol–water partition coefficient (Wildman–Crippen LogP) is 2.37. The first-order valence-electron chi connectivity index (χ1n) is 9.69. The predicted molar refractivity (Wildman–Crippen MR) is 99.0 cm³/mol. The Hall–Kier alpha value is -2.36. The molecule has 2 heterocycles. The first-order valence-corrected chi connectivity index (χ1v) is 9.69. The van der Waals surface area contributed by atoms with Gasteiger partial charge < -0.3 is 21.1 Å². The number of hydrogen-bond acceptors (Lipinski definition) is 5. The van der Waals surface area contributed by atoms with Crippen LogP contribution in [0, 0.1) is 11.8 Å². The van der Waals surface area contributed by atoms with Gasteiger partial charge in [0.05, 0.1) is 6.04 Å². The molecule has 1 aromatic heterocycles. The first kappa shape index (κ1) is 21.4. The number of rotatable bonds is 5. The highest BCUT2D eigenvalue weighted by Crippen LogP contribution is 2.31. The molecule has 1 saturated heterocycles. The number of nitrogens with two attached hydrogens (primary N) is 1. The number of nitrogens with zero attached hydrogens (tertiary/aromatic N) is 1. The van der Waals surface area contributed by atoms with Gasteiger partial charge in [0, 0.05) is 18.7 Å². The Bertz CT molecular complexity index is 750. The molecule has 0 radical (unpaired) electrons. The summed E-state index contributed by atoms with van der Waals surface area (Å²) in [7, 11) is 0. The lowest BCUT2D eigenvalue weighted by Crippen LogP contribution is -2.43. The number of aromatic nitrogens is 1. The van der Waals surface area contributed by atoms with Crippen molar-refractivity contribution in [2.24, 2.45) is 17.6 Å². The molecule has 1 aliphatic heterocycles. The van der Waals surface area contributed by atoms with E-state index in [0.29, 0.717) is 5.92 Å². The highest BCUT2D eigenvalue weighted by Gasteiger charge is 2.48. The molecule has 3 rings (SSSR count). The molecule has 2 aliphatic rings. The lowest BCUT2D eigenvalue weighted by atomic mass is 9.79. The van der Waals surface area contributed by atoms with Crippen molar-refractivity contribution in [2.45, 2.75) is 63.4 Å². The molecule has 1 unspecified atom stereocenters. The fourth-order valence-corrected chi connectivity index (χ4v) is 3.75. The lowest BCUT2D eigenvalue weighted by Gasteiger charge is -2.29. The fourth-order valence-electron chi connectivity index (χ4n) is 3.75. The van der Waals surface area contributed by atoms with Crippen LogP contribution in [0.15, 0.2) is 18.3 Å². The standard InChI is InChI=1S/C19H25F3N4O3/c1-10-2-4-11(5-3-10)16(23)18(28)26-15-8-12(6-7-24-15)29-13-9-14(19(20,21)22)25-17(13)27/h6-8,10-11,13-14,16H,2-5,9,23H2,1H3,(H,25,27)(H,24,26,28)/t10?,11?,13-,14+,16?/m1/s1. The number of amides is 2. The van der Waals surface area contributed by atoms with Crippen LogP contribution in [-0.2, 0) is 9.59 Å². The number of carbonyl (C=O) groups is 2. The number of pyridine rings is 1. The molecule has 2 amide bonds. The Labute approximate surface area is 166 Å². The summed E-state index contributed by atoms with van der Waals surface area (Å²) in [5.74, 6) is -0.154. The molecule has 29 heavy (non-hydrogen) atoms. The molecule has 4 N–H and O–H groups in total. The summed E-state index contributed by atoms with van der Waals surface area (Å²) < 4.78 is 43.7. The molecule has 1 saturated carbocycles. The zero-order valence-corrected chi connectivity index (χ0v) is 16.0. The highest BCUT2D eigenvalue weighted by molar-refractivity contribution is 5.94. The van der Waals surface area contributed by atoms with Crippen LogP contribution >= 0.6 is 0 Å². The molecule has 3 atom stereocenters. The summed E-state index contributed by atoms with van der Waals surface area (Å²) >= 11 is 0. The van der Waals surface area contributed by atoms with E-state index in [2.05, 4.69) is 17.2 Å². The summed E-state index contributed by atoms with van der Waals surface area (Å²) in [5.41, 5.74) is 6.10.